The Balaban J connectivity index is 1.86. The van der Waals surface area contributed by atoms with Crippen molar-refractivity contribution in [2.45, 2.75) is 19.1 Å². The van der Waals surface area contributed by atoms with E-state index in [-0.39, 0.29) is 6.07 Å². The molecule has 1 N–H and O–H groups in total. The molecule has 1 heterocycles. The average Bonchev–Trinajstić information content (AvgIpc) is 2.74. The summed E-state index contributed by atoms with van der Waals surface area (Å²) in [5, 5.41) is 6.39. The Morgan fingerprint density at radius 1 is 1.13 bits per heavy atom. The maximum atomic E-state index is 14.0. The minimum absolute atomic E-state index is 0.286. The van der Waals surface area contributed by atoms with E-state index in [0.29, 0.717) is 23.1 Å². The van der Waals surface area contributed by atoms with Crippen molar-refractivity contribution in [3.05, 3.63) is 76.3 Å². The molecular formula is C21H17F4N3O3. The Bertz CT molecular complexity index is 1180. The summed E-state index contributed by atoms with van der Waals surface area (Å²) < 4.78 is 58.1. The Kier molecular flexibility index (Phi) is 6.09. The number of aromatic nitrogens is 2. The van der Waals surface area contributed by atoms with E-state index in [1.54, 1.807) is 24.3 Å². The monoisotopic (exact) mass is 435 g/mol. The molecule has 0 saturated carbocycles. The molecule has 0 radical (unpaired) electrons. The van der Waals surface area contributed by atoms with Crippen LogP contribution in [0.5, 0.6) is 5.75 Å². The molecule has 6 nitrogen and oxygen atoms in total. The van der Waals surface area contributed by atoms with Gasteiger partial charge in [-0.15, -0.1) is 0 Å². The highest BCUT2D eigenvalue weighted by molar-refractivity contribution is 5.93. The first-order chi connectivity index (χ1) is 14.6. The number of carbonyl (C=O) groups is 1. The predicted molar refractivity (Wildman–Crippen MR) is 105 cm³/mol. The van der Waals surface area contributed by atoms with Crippen LogP contribution in [-0.4, -0.2) is 22.8 Å². The van der Waals surface area contributed by atoms with E-state index in [9.17, 15) is 27.2 Å². The van der Waals surface area contributed by atoms with Crippen LogP contribution in [0.3, 0.4) is 0 Å². The van der Waals surface area contributed by atoms with Crippen LogP contribution in [0, 0.1) is 5.82 Å². The number of nitrogens with zero attached hydrogens (tertiary/aromatic N) is 2. The van der Waals surface area contributed by atoms with Gasteiger partial charge in [0.1, 0.15) is 17.6 Å². The maximum Gasteiger partial charge on any atom is 0.416 e. The van der Waals surface area contributed by atoms with Gasteiger partial charge in [0, 0.05) is 11.6 Å². The summed E-state index contributed by atoms with van der Waals surface area (Å²) in [6.45, 7) is 1.36. The number of alkyl halides is 3. The van der Waals surface area contributed by atoms with Crippen molar-refractivity contribution >= 4 is 11.6 Å². The number of halogens is 4. The van der Waals surface area contributed by atoms with Crippen molar-refractivity contribution in [2.24, 2.45) is 0 Å². The number of ether oxygens (including phenoxy) is 1. The van der Waals surface area contributed by atoms with Crippen LogP contribution in [0.2, 0.25) is 0 Å². The van der Waals surface area contributed by atoms with Gasteiger partial charge in [-0.2, -0.15) is 18.3 Å². The summed E-state index contributed by atoms with van der Waals surface area (Å²) in [7, 11) is 1.50. The number of carbonyl (C=O) groups excluding carboxylic acids is 1. The molecule has 0 saturated heterocycles. The summed E-state index contributed by atoms with van der Waals surface area (Å²) in [5.41, 5.74) is -1.18. The van der Waals surface area contributed by atoms with Gasteiger partial charge in [-0.25, -0.2) is 9.07 Å². The molecule has 0 aliphatic rings. The normalized spacial score (nSPS) is 12.3. The second kappa shape index (κ2) is 8.58. The van der Waals surface area contributed by atoms with Crippen LogP contribution in [0.1, 0.15) is 18.5 Å². The number of hydrogen-bond acceptors (Lipinski definition) is 4. The van der Waals surface area contributed by atoms with Crippen LogP contribution in [0.25, 0.3) is 11.3 Å². The van der Waals surface area contributed by atoms with Crippen molar-refractivity contribution in [3.8, 4) is 17.0 Å². The Morgan fingerprint density at radius 3 is 2.52 bits per heavy atom. The van der Waals surface area contributed by atoms with Crippen LogP contribution in [0.15, 0.2) is 59.4 Å². The Labute approximate surface area is 174 Å². The molecule has 1 unspecified atom stereocenters. The number of methoxy groups -OCH3 is 1. The van der Waals surface area contributed by atoms with Crippen LogP contribution in [-0.2, 0) is 11.0 Å². The van der Waals surface area contributed by atoms with Gasteiger partial charge in [-0.1, -0.05) is 12.1 Å². The quantitative estimate of drug-likeness (QED) is 0.608. The lowest BCUT2D eigenvalue weighted by Gasteiger charge is -2.16. The molecule has 1 aromatic heterocycles. The number of anilines is 1. The predicted octanol–water partition coefficient (Wildman–Crippen LogP) is 4.28. The minimum Gasteiger partial charge on any atom is -0.497 e. The summed E-state index contributed by atoms with van der Waals surface area (Å²) in [4.78, 5) is 24.8. The van der Waals surface area contributed by atoms with E-state index < -0.39 is 40.8 Å². The lowest BCUT2D eigenvalue weighted by Crippen LogP contribution is -2.33. The molecule has 0 aliphatic heterocycles. The fraction of sp³-hybridized carbons (Fsp3) is 0.190. The largest absolute Gasteiger partial charge is 0.497 e. The first-order valence-electron chi connectivity index (χ1n) is 9.02. The van der Waals surface area contributed by atoms with Crippen molar-refractivity contribution in [3.63, 3.8) is 0 Å². The molecule has 1 amide bonds. The maximum absolute atomic E-state index is 14.0. The molecule has 162 valence electrons. The van der Waals surface area contributed by atoms with Gasteiger partial charge in [-0.3, -0.25) is 9.59 Å². The van der Waals surface area contributed by atoms with Gasteiger partial charge in [0.2, 0.25) is 5.91 Å². The molecule has 0 bridgehead atoms. The summed E-state index contributed by atoms with van der Waals surface area (Å²) in [6, 6.07) is 10.2. The highest BCUT2D eigenvalue weighted by Crippen LogP contribution is 2.31. The van der Waals surface area contributed by atoms with E-state index in [1.165, 1.54) is 26.2 Å². The van der Waals surface area contributed by atoms with Crippen molar-refractivity contribution in [1.82, 2.24) is 9.78 Å². The van der Waals surface area contributed by atoms with Crippen LogP contribution >= 0.6 is 0 Å². The lowest BCUT2D eigenvalue weighted by atomic mass is 10.1. The van der Waals surface area contributed by atoms with Gasteiger partial charge < -0.3 is 10.1 Å². The number of benzene rings is 2. The first kappa shape index (κ1) is 22.0. The number of rotatable bonds is 5. The fourth-order valence-electron chi connectivity index (χ4n) is 2.78. The van der Waals surface area contributed by atoms with E-state index >= 15 is 0 Å². The highest BCUT2D eigenvalue weighted by atomic mass is 19.4. The highest BCUT2D eigenvalue weighted by Gasteiger charge is 2.31. The fourth-order valence-corrected chi connectivity index (χ4v) is 2.78. The molecule has 0 spiro atoms. The third kappa shape index (κ3) is 4.90. The average molecular weight is 435 g/mol. The Morgan fingerprint density at radius 2 is 1.87 bits per heavy atom. The zero-order valence-corrected chi connectivity index (χ0v) is 16.4. The molecule has 0 aliphatic carbocycles. The van der Waals surface area contributed by atoms with E-state index in [1.807, 2.05) is 0 Å². The Hall–Kier alpha value is -3.69. The van der Waals surface area contributed by atoms with Crippen LogP contribution < -0.4 is 15.6 Å². The number of nitrogens with one attached hydrogen (secondary N) is 1. The van der Waals surface area contributed by atoms with Crippen molar-refractivity contribution < 1.29 is 27.1 Å². The summed E-state index contributed by atoms with van der Waals surface area (Å²) in [5.74, 6) is -1.50. The molecular weight excluding hydrogens is 418 g/mol. The molecule has 1 atom stereocenters. The van der Waals surface area contributed by atoms with Gasteiger partial charge in [-0.05, 0) is 43.3 Å². The van der Waals surface area contributed by atoms with Crippen molar-refractivity contribution in [1.29, 1.82) is 0 Å². The van der Waals surface area contributed by atoms with E-state index in [4.69, 9.17) is 4.74 Å². The standard InChI is InChI=1S/C21H17F4N3O3/c1-12(20(30)26-18-7-6-14(11-16(18)22)21(23,24)25)28-19(29)9-8-17(27-28)13-4-3-5-15(10-13)31-2/h3-12H,1-2H3,(H,26,30). The summed E-state index contributed by atoms with van der Waals surface area (Å²) >= 11 is 0. The third-order valence-electron chi connectivity index (χ3n) is 4.49. The zero-order valence-electron chi connectivity index (χ0n) is 16.4. The number of amides is 1. The molecule has 31 heavy (non-hydrogen) atoms. The lowest BCUT2D eigenvalue weighted by molar-refractivity contribution is -0.137. The molecule has 3 rings (SSSR count). The van der Waals surface area contributed by atoms with Crippen molar-refractivity contribution in [2.75, 3.05) is 12.4 Å². The molecule has 10 heteroatoms. The van der Waals surface area contributed by atoms with Gasteiger partial charge in [0.05, 0.1) is 24.1 Å². The number of hydrogen-bond donors (Lipinski definition) is 1. The third-order valence-corrected chi connectivity index (χ3v) is 4.49. The molecule has 3 aromatic rings. The smallest absolute Gasteiger partial charge is 0.416 e. The van der Waals surface area contributed by atoms with Crippen LogP contribution in [0.4, 0.5) is 23.2 Å². The molecule has 2 aromatic carbocycles. The second-order valence-electron chi connectivity index (χ2n) is 6.59. The zero-order chi connectivity index (χ0) is 22.8. The first-order valence-corrected chi connectivity index (χ1v) is 9.02. The van der Waals surface area contributed by atoms with Gasteiger partial charge >= 0.3 is 6.18 Å². The van der Waals surface area contributed by atoms with Gasteiger partial charge in [0.25, 0.3) is 5.56 Å². The SMILES string of the molecule is COc1cccc(-c2ccc(=O)n(C(C)C(=O)Nc3ccc(C(F)(F)F)cc3F)n2)c1. The van der Waals surface area contributed by atoms with E-state index in [2.05, 4.69) is 10.4 Å². The van der Waals surface area contributed by atoms with E-state index in [0.717, 1.165) is 10.7 Å². The van der Waals surface area contributed by atoms with Gasteiger partial charge in [0.15, 0.2) is 0 Å². The summed E-state index contributed by atoms with van der Waals surface area (Å²) in [6.07, 6.45) is -4.71. The minimum atomic E-state index is -4.71. The topological polar surface area (TPSA) is 73.2 Å². The second-order valence-corrected chi connectivity index (χ2v) is 6.59. The molecule has 0 fully saturated rings.